The van der Waals surface area contributed by atoms with Crippen molar-refractivity contribution in [3.8, 4) is 5.75 Å². The zero-order valence-corrected chi connectivity index (χ0v) is 9.18. The molecule has 0 radical (unpaired) electrons. The number of cyclic esters (lactones) is 1. The SMILES string of the molecule is COc1ccc(C=CCCC2OC2=O)cc1. The summed E-state index contributed by atoms with van der Waals surface area (Å²) in [5.41, 5.74) is 1.13. The number of benzene rings is 1. The molecule has 0 aliphatic carbocycles. The molecule has 2 rings (SSSR count). The van der Waals surface area contributed by atoms with Crippen molar-refractivity contribution in [1.82, 2.24) is 0 Å². The quantitative estimate of drug-likeness (QED) is 0.712. The first-order valence-corrected chi connectivity index (χ1v) is 5.30. The number of methoxy groups -OCH3 is 1. The van der Waals surface area contributed by atoms with Gasteiger partial charge in [-0.3, -0.25) is 0 Å². The zero-order valence-electron chi connectivity index (χ0n) is 9.18. The number of hydrogen-bond acceptors (Lipinski definition) is 3. The molecule has 1 aliphatic rings. The number of rotatable bonds is 5. The lowest BCUT2D eigenvalue weighted by molar-refractivity contribution is -0.117. The Labute approximate surface area is 94.7 Å². The fourth-order valence-electron chi connectivity index (χ4n) is 1.47. The van der Waals surface area contributed by atoms with Gasteiger partial charge in [0, 0.05) is 0 Å². The van der Waals surface area contributed by atoms with Crippen molar-refractivity contribution < 1.29 is 14.3 Å². The highest BCUT2D eigenvalue weighted by Gasteiger charge is 2.36. The highest BCUT2D eigenvalue weighted by atomic mass is 16.6. The van der Waals surface area contributed by atoms with Gasteiger partial charge in [-0.1, -0.05) is 24.3 Å². The van der Waals surface area contributed by atoms with E-state index in [2.05, 4.69) is 6.08 Å². The summed E-state index contributed by atoms with van der Waals surface area (Å²) in [4.78, 5) is 10.6. The van der Waals surface area contributed by atoms with Crippen LogP contribution in [-0.4, -0.2) is 19.2 Å². The van der Waals surface area contributed by atoms with E-state index in [4.69, 9.17) is 9.47 Å². The molecule has 1 heterocycles. The molecule has 3 nitrogen and oxygen atoms in total. The Morgan fingerprint density at radius 3 is 2.62 bits per heavy atom. The lowest BCUT2D eigenvalue weighted by Crippen LogP contribution is -1.85. The standard InChI is InChI=1S/C13H14O3/c1-15-11-8-6-10(7-9-11)4-2-3-5-12-13(14)16-12/h2,4,6-9,12H,3,5H2,1H3. The Balaban J connectivity index is 1.78. The third-order valence-electron chi connectivity index (χ3n) is 2.49. The highest BCUT2D eigenvalue weighted by molar-refractivity contribution is 5.87. The monoisotopic (exact) mass is 218 g/mol. The molecule has 16 heavy (non-hydrogen) atoms. The molecule has 0 spiro atoms. The Morgan fingerprint density at radius 1 is 1.38 bits per heavy atom. The van der Waals surface area contributed by atoms with Gasteiger partial charge in [-0.25, -0.2) is 4.79 Å². The first kappa shape index (κ1) is 10.7. The summed E-state index contributed by atoms with van der Waals surface area (Å²) >= 11 is 0. The number of hydrogen-bond donors (Lipinski definition) is 0. The normalized spacial score (nSPS) is 18.6. The van der Waals surface area contributed by atoms with Crippen LogP contribution in [0.15, 0.2) is 30.3 Å². The molecule has 0 saturated carbocycles. The van der Waals surface area contributed by atoms with E-state index in [1.165, 1.54) is 0 Å². The van der Waals surface area contributed by atoms with Crippen LogP contribution in [0.3, 0.4) is 0 Å². The predicted molar refractivity (Wildman–Crippen MR) is 61.1 cm³/mol. The Kier molecular flexibility index (Phi) is 3.25. The van der Waals surface area contributed by atoms with Gasteiger partial charge in [-0.15, -0.1) is 0 Å². The third kappa shape index (κ3) is 2.86. The van der Waals surface area contributed by atoms with Crippen LogP contribution in [-0.2, 0) is 9.53 Å². The molecular formula is C13H14O3. The van der Waals surface area contributed by atoms with Gasteiger partial charge in [0.2, 0.25) is 0 Å². The smallest absolute Gasteiger partial charge is 0.348 e. The molecule has 1 aliphatic heterocycles. The summed E-state index contributed by atoms with van der Waals surface area (Å²) in [7, 11) is 1.65. The predicted octanol–water partition coefficient (Wildman–Crippen LogP) is 2.41. The van der Waals surface area contributed by atoms with Crippen LogP contribution in [0.25, 0.3) is 6.08 Å². The van der Waals surface area contributed by atoms with Crippen LogP contribution in [0.2, 0.25) is 0 Å². The van der Waals surface area contributed by atoms with Crippen LogP contribution in [0, 0.1) is 0 Å². The van der Waals surface area contributed by atoms with Crippen molar-refractivity contribution >= 4 is 12.0 Å². The molecule has 1 unspecified atom stereocenters. The second-order valence-corrected chi connectivity index (χ2v) is 3.68. The second kappa shape index (κ2) is 4.84. The molecule has 1 atom stereocenters. The van der Waals surface area contributed by atoms with Crippen molar-refractivity contribution in [2.45, 2.75) is 18.9 Å². The first-order chi connectivity index (χ1) is 7.79. The third-order valence-corrected chi connectivity index (χ3v) is 2.49. The number of allylic oxidation sites excluding steroid dienone is 1. The van der Waals surface area contributed by atoms with Gasteiger partial charge in [0.05, 0.1) is 7.11 Å². The number of carbonyl (C=O) groups excluding carboxylic acids is 1. The average Bonchev–Trinajstić information content (AvgIpc) is 3.02. The minimum atomic E-state index is -0.138. The van der Waals surface area contributed by atoms with Gasteiger partial charge in [0.25, 0.3) is 0 Å². The molecule has 0 N–H and O–H groups in total. The second-order valence-electron chi connectivity index (χ2n) is 3.68. The topological polar surface area (TPSA) is 38.8 Å². The summed E-state index contributed by atoms with van der Waals surface area (Å²) in [5.74, 6) is 0.784. The van der Waals surface area contributed by atoms with E-state index in [9.17, 15) is 4.79 Å². The molecule has 0 amide bonds. The maximum Gasteiger partial charge on any atom is 0.348 e. The van der Waals surface area contributed by atoms with Crippen LogP contribution in [0.1, 0.15) is 18.4 Å². The van der Waals surface area contributed by atoms with Crippen LogP contribution in [0.4, 0.5) is 0 Å². The molecule has 1 aromatic carbocycles. The molecule has 3 heteroatoms. The van der Waals surface area contributed by atoms with E-state index in [0.717, 1.165) is 24.2 Å². The minimum Gasteiger partial charge on any atom is -0.497 e. The van der Waals surface area contributed by atoms with Gasteiger partial charge in [0.1, 0.15) is 5.75 Å². The van der Waals surface area contributed by atoms with Crippen LogP contribution >= 0.6 is 0 Å². The number of epoxide rings is 1. The largest absolute Gasteiger partial charge is 0.497 e. The molecule has 1 aromatic rings. The van der Waals surface area contributed by atoms with E-state index < -0.39 is 0 Å². The number of ether oxygens (including phenoxy) is 2. The molecular weight excluding hydrogens is 204 g/mol. The lowest BCUT2D eigenvalue weighted by Gasteiger charge is -1.98. The van der Waals surface area contributed by atoms with Crippen LogP contribution < -0.4 is 4.74 Å². The molecule has 84 valence electrons. The number of carbonyl (C=O) groups is 1. The van der Waals surface area contributed by atoms with E-state index >= 15 is 0 Å². The van der Waals surface area contributed by atoms with Crippen molar-refractivity contribution in [3.63, 3.8) is 0 Å². The lowest BCUT2D eigenvalue weighted by atomic mass is 10.1. The summed E-state index contributed by atoms with van der Waals surface area (Å²) in [6.07, 6.45) is 5.59. The summed E-state index contributed by atoms with van der Waals surface area (Å²) in [5, 5.41) is 0. The molecule has 0 bridgehead atoms. The van der Waals surface area contributed by atoms with E-state index in [-0.39, 0.29) is 12.1 Å². The van der Waals surface area contributed by atoms with Crippen LogP contribution in [0.5, 0.6) is 5.75 Å². The van der Waals surface area contributed by atoms with Gasteiger partial charge in [-0.2, -0.15) is 0 Å². The highest BCUT2D eigenvalue weighted by Crippen LogP contribution is 2.18. The molecule has 1 saturated heterocycles. The zero-order chi connectivity index (χ0) is 11.4. The summed E-state index contributed by atoms with van der Waals surface area (Å²) in [6.45, 7) is 0. The molecule has 0 aromatic heterocycles. The fraction of sp³-hybridized carbons (Fsp3) is 0.308. The van der Waals surface area contributed by atoms with Gasteiger partial charge >= 0.3 is 5.97 Å². The van der Waals surface area contributed by atoms with Crippen molar-refractivity contribution in [1.29, 1.82) is 0 Å². The van der Waals surface area contributed by atoms with Crippen molar-refractivity contribution in [2.24, 2.45) is 0 Å². The van der Waals surface area contributed by atoms with Gasteiger partial charge in [-0.05, 0) is 30.5 Å². The van der Waals surface area contributed by atoms with E-state index in [0.29, 0.717) is 0 Å². The van der Waals surface area contributed by atoms with Crippen molar-refractivity contribution in [3.05, 3.63) is 35.9 Å². The van der Waals surface area contributed by atoms with Gasteiger partial charge < -0.3 is 9.47 Å². The Bertz CT molecular complexity index is 392. The fourth-order valence-corrected chi connectivity index (χ4v) is 1.47. The maximum atomic E-state index is 10.6. The first-order valence-electron chi connectivity index (χ1n) is 5.30. The van der Waals surface area contributed by atoms with E-state index in [1.54, 1.807) is 7.11 Å². The summed E-state index contributed by atoms with van der Waals surface area (Å²) in [6, 6.07) is 7.84. The maximum absolute atomic E-state index is 10.6. The summed E-state index contributed by atoms with van der Waals surface area (Å²) < 4.78 is 9.78. The average molecular weight is 218 g/mol. The van der Waals surface area contributed by atoms with Gasteiger partial charge in [0.15, 0.2) is 6.10 Å². The Hall–Kier alpha value is -1.77. The Morgan fingerprint density at radius 2 is 2.06 bits per heavy atom. The molecule has 1 fully saturated rings. The minimum absolute atomic E-state index is 0.0714. The van der Waals surface area contributed by atoms with Crippen molar-refractivity contribution in [2.75, 3.05) is 7.11 Å². The van der Waals surface area contributed by atoms with E-state index in [1.807, 2.05) is 30.3 Å².